The highest BCUT2D eigenvalue weighted by Crippen LogP contribution is 2.22. The summed E-state index contributed by atoms with van der Waals surface area (Å²) in [4.78, 5) is 32.8. The van der Waals surface area contributed by atoms with Crippen molar-refractivity contribution < 1.29 is 14.3 Å². The number of benzene rings is 1. The van der Waals surface area contributed by atoms with Crippen molar-refractivity contribution in [1.82, 2.24) is 15.3 Å². The molecule has 142 valence electrons. The molecular formula is C21H20N4O3. The number of rotatable bonds is 7. The Hall–Kier alpha value is -3.74. The summed E-state index contributed by atoms with van der Waals surface area (Å²) in [7, 11) is 0. The number of pyridine rings is 2. The topological polar surface area (TPSA) is 93.2 Å². The van der Waals surface area contributed by atoms with Crippen LogP contribution in [0.25, 0.3) is 0 Å². The van der Waals surface area contributed by atoms with E-state index in [-0.39, 0.29) is 5.91 Å². The first-order valence-corrected chi connectivity index (χ1v) is 8.83. The Morgan fingerprint density at radius 3 is 2.68 bits per heavy atom. The van der Waals surface area contributed by atoms with E-state index in [1.54, 1.807) is 43.6 Å². The number of carbonyl (C=O) groups is 2. The zero-order chi connectivity index (χ0) is 19.8. The molecule has 7 nitrogen and oxygen atoms in total. The molecule has 0 aliphatic carbocycles. The van der Waals surface area contributed by atoms with Crippen LogP contribution in [-0.4, -0.2) is 28.5 Å². The minimum atomic E-state index is -0.414. The van der Waals surface area contributed by atoms with Crippen molar-refractivity contribution in [2.45, 2.75) is 13.5 Å². The third kappa shape index (κ3) is 4.91. The maximum Gasteiger partial charge on any atom is 0.340 e. The summed E-state index contributed by atoms with van der Waals surface area (Å²) in [5, 5.41) is 5.93. The van der Waals surface area contributed by atoms with E-state index >= 15 is 0 Å². The number of esters is 1. The first kappa shape index (κ1) is 19.0. The molecular weight excluding hydrogens is 356 g/mol. The average molecular weight is 376 g/mol. The van der Waals surface area contributed by atoms with E-state index in [4.69, 9.17) is 4.74 Å². The molecule has 0 unspecified atom stereocenters. The van der Waals surface area contributed by atoms with Gasteiger partial charge in [-0.3, -0.25) is 14.8 Å². The minimum absolute atomic E-state index is 0.263. The molecule has 0 fully saturated rings. The van der Waals surface area contributed by atoms with Gasteiger partial charge in [-0.1, -0.05) is 18.2 Å². The Morgan fingerprint density at radius 1 is 1.07 bits per heavy atom. The van der Waals surface area contributed by atoms with Crippen molar-refractivity contribution in [3.63, 3.8) is 0 Å². The highest BCUT2D eigenvalue weighted by molar-refractivity contribution is 5.97. The molecule has 2 heterocycles. The molecule has 0 bridgehead atoms. The predicted octanol–water partition coefficient (Wildman–Crippen LogP) is 3.33. The van der Waals surface area contributed by atoms with Gasteiger partial charge in [-0.05, 0) is 37.3 Å². The molecule has 3 rings (SSSR count). The van der Waals surface area contributed by atoms with Crippen molar-refractivity contribution in [3.05, 3.63) is 83.9 Å². The molecule has 2 aromatic heterocycles. The second-order valence-electron chi connectivity index (χ2n) is 5.86. The summed E-state index contributed by atoms with van der Waals surface area (Å²) in [5.74, 6) is -0.678. The van der Waals surface area contributed by atoms with Crippen LogP contribution in [-0.2, 0) is 11.3 Å². The smallest absolute Gasteiger partial charge is 0.340 e. The Balaban J connectivity index is 1.72. The van der Waals surface area contributed by atoms with Crippen LogP contribution in [0.2, 0.25) is 0 Å². The molecule has 7 heteroatoms. The van der Waals surface area contributed by atoms with Crippen LogP contribution in [0.15, 0.2) is 67.1 Å². The van der Waals surface area contributed by atoms with Crippen LogP contribution in [0.3, 0.4) is 0 Å². The van der Waals surface area contributed by atoms with Crippen LogP contribution in [0.4, 0.5) is 11.4 Å². The number of nitrogens with zero attached hydrogens (tertiary/aromatic N) is 2. The van der Waals surface area contributed by atoms with Gasteiger partial charge in [0.05, 0.1) is 47.5 Å². The molecule has 1 aromatic carbocycles. The largest absolute Gasteiger partial charge is 0.462 e. The zero-order valence-corrected chi connectivity index (χ0v) is 15.4. The Bertz CT molecular complexity index is 961. The fourth-order valence-corrected chi connectivity index (χ4v) is 2.54. The SMILES string of the molecule is CCOC(=O)c1ccccc1Nc1cncc(C(=O)NCc2ccccn2)c1. The first-order chi connectivity index (χ1) is 13.7. The lowest BCUT2D eigenvalue weighted by molar-refractivity contribution is 0.0527. The van der Waals surface area contributed by atoms with Crippen molar-refractivity contribution >= 4 is 23.3 Å². The highest BCUT2D eigenvalue weighted by atomic mass is 16.5. The molecule has 28 heavy (non-hydrogen) atoms. The molecule has 0 atom stereocenters. The fraction of sp³-hybridized carbons (Fsp3) is 0.143. The molecule has 2 N–H and O–H groups in total. The van der Waals surface area contributed by atoms with Crippen molar-refractivity contribution in [2.24, 2.45) is 0 Å². The lowest BCUT2D eigenvalue weighted by Crippen LogP contribution is -2.23. The number of hydrogen-bond donors (Lipinski definition) is 2. The Morgan fingerprint density at radius 2 is 1.89 bits per heavy atom. The van der Waals surface area contributed by atoms with Crippen LogP contribution < -0.4 is 10.6 Å². The van der Waals surface area contributed by atoms with Crippen molar-refractivity contribution in [3.8, 4) is 0 Å². The number of anilines is 2. The van der Waals surface area contributed by atoms with Gasteiger partial charge >= 0.3 is 5.97 Å². The monoisotopic (exact) mass is 376 g/mol. The van der Waals surface area contributed by atoms with Crippen LogP contribution in [0.5, 0.6) is 0 Å². The lowest BCUT2D eigenvalue weighted by atomic mass is 10.1. The molecule has 0 saturated carbocycles. The highest BCUT2D eigenvalue weighted by Gasteiger charge is 2.13. The van der Waals surface area contributed by atoms with E-state index in [9.17, 15) is 9.59 Å². The van der Waals surface area contributed by atoms with Gasteiger partial charge in [-0.15, -0.1) is 0 Å². The first-order valence-electron chi connectivity index (χ1n) is 8.83. The third-order valence-electron chi connectivity index (χ3n) is 3.86. The summed E-state index contributed by atoms with van der Waals surface area (Å²) in [6.07, 6.45) is 4.74. The number of ether oxygens (including phenoxy) is 1. The van der Waals surface area contributed by atoms with Crippen molar-refractivity contribution in [1.29, 1.82) is 0 Å². The molecule has 0 aliphatic rings. The number of aromatic nitrogens is 2. The second-order valence-corrected chi connectivity index (χ2v) is 5.86. The Labute approximate surface area is 162 Å². The maximum absolute atomic E-state index is 12.4. The maximum atomic E-state index is 12.4. The number of amides is 1. The minimum Gasteiger partial charge on any atom is -0.462 e. The quantitative estimate of drug-likeness (QED) is 0.615. The zero-order valence-electron chi connectivity index (χ0n) is 15.4. The summed E-state index contributed by atoms with van der Waals surface area (Å²) < 4.78 is 5.08. The molecule has 0 radical (unpaired) electrons. The van der Waals surface area contributed by atoms with E-state index in [0.29, 0.717) is 35.7 Å². The lowest BCUT2D eigenvalue weighted by Gasteiger charge is -2.12. The van der Waals surface area contributed by atoms with E-state index in [2.05, 4.69) is 20.6 Å². The normalized spacial score (nSPS) is 10.2. The van der Waals surface area contributed by atoms with Crippen LogP contribution in [0.1, 0.15) is 33.3 Å². The summed E-state index contributed by atoms with van der Waals surface area (Å²) in [5.41, 5.74) is 2.74. The van der Waals surface area contributed by atoms with Gasteiger partial charge in [0.1, 0.15) is 0 Å². The average Bonchev–Trinajstić information content (AvgIpc) is 2.73. The third-order valence-corrected chi connectivity index (χ3v) is 3.86. The number of hydrogen-bond acceptors (Lipinski definition) is 6. The van der Waals surface area contributed by atoms with Gasteiger partial charge in [0.2, 0.25) is 0 Å². The molecule has 0 saturated heterocycles. The predicted molar refractivity (Wildman–Crippen MR) is 105 cm³/mol. The van der Waals surface area contributed by atoms with Gasteiger partial charge in [-0.2, -0.15) is 0 Å². The van der Waals surface area contributed by atoms with E-state index < -0.39 is 5.97 Å². The van der Waals surface area contributed by atoms with Gasteiger partial charge < -0.3 is 15.4 Å². The summed E-state index contributed by atoms with van der Waals surface area (Å²) in [6.45, 7) is 2.37. The van der Waals surface area contributed by atoms with Gasteiger partial charge in [0.25, 0.3) is 5.91 Å². The van der Waals surface area contributed by atoms with E-state index in [0.717, 1.165) is 5.69 Å². The second kappa shape index (κ2) is 9.27. The fourth-order valence-electron chi connectivity index (χ4n) is 2.54. The standard InChI is InChI=1S/C21H20N4O3/c1-2-28-21(27)18-8-3-4-9-19(18)25-17-11-15(12-22-13-17)20(26)24-14-16-7-5-6-10-23-16/h3-13,25H,2,14H2,1H3,(H,24,26). The van der Waals surface area contributed by atoms with Gasteiger partial charge in [-0.25, -0.2) is 4.79 Å². The summed E-state index contributed by atoms with van der Waals surface area (Å²) >= 11 is 0. The molecule has 1 amide bonds. The number of nitrogens with one attached hydrogen (secondary N) is 2. The van der Waals surface area contributed by atoms with E-state index in [1.807, 2.05) is 24.3 Å². The molecule has 0 spiro atoms. The molecule has 3 aromatic rings. The van der Waals surface area contributed by atoms with Crippen LogP contribution >= 0.6 is 0 Å². The number of carbonyl (C=O) groups excluding carboxylic acids is 2. The van der Waals surface area contributed by atoms with Gasteiger partial charge in [0.15, 0.2) is 0 Å². The molecule has 0 aliphatic heterocycles. The van der Waals surface area contributed by atoms with Gasteiger partial charge in [0, 0.05) is 12.4 Å². The number of para-hydroxylation sites is 1. The summed E-state index contributed by atoms with van der Waals surface area (Å²) in [6, 6.07) is 14.2. The van der Waals surface area contributed by atoms with E-state index in [1.165, 1.54) is 6.20 Å². The van der Waals surface area contributed by atoms with Crippen LogP contribution in [0, 0.1) is 0 Å². The van der Waals surface area contributed by atoms with Crippen molar-refractivity contribution in [2.75, 3.05) is 11.9 Å². The Kier molecular flexibility index (Phi) is 6.30.